The van der Waals surface area contributed by atoms with Crippen LogP contribution in [0.5, 0.6) is 0 Å². The van der Waals surface area contributed by atoms with Gasteiger partial charge in [0.1, 0.15) is 12.0 Å². The third-order valence-electron chi connectivity index (χ3n) is 2.98. The first-order valence-corrected chi connectivity index (χ1v) is 6.07. The van der Waals surface area contributed by atoms with E-state index in [0.717, 1.165) is 6.42 Å². The Morgan fingerprint density at radius 1 is 1.53 bits per heavy atom. The third kappa shape index (κ3) is 4.61. The van der Waals surface area contributed by atoms with Gasteiger partial charge in [-0.3, -0.25) is 0 Å². The van der Waals surface area contributed by atoms with Gasteiger partial charge in [0.15, 0.2) is 0 Å². The summed E-state index contributed by atoms with van der Waals surface area (Å²) in [5.41, 5.74) is 0.205. The van der Waals surface area contributed by atoms with Gasteiger partial charge in [-0.1, -0.05) is 20.3 Å². The molecule has 1 heterocycles. The zero-order valence-corrected chi connectivity index (χ0v) is 10.7. The molecule has 1 aromatic heterocycles. The summed E-state index contributed by atoms with van der Waals surface area (Å²) in [5.74, 6) is 0.412. The summed E-state index contributed by atoms with van der Waals surface area (Å²) in [4.78, 5) is 10.7. The zero-order chi connectivity index (χ0) is 12.8. The van der Waals surface area contributed by atoms with Crippen molar-refractivity contribution in [1.29, 1.82) is 0 Å². The second-order valence-corrected chi connectivity index (χ2v) is 4.64. The van der Waals surface area contributed by atoms with Gasteiger partial charge < -0.3 is 14.8 Å². The van der Waals surface area contributed by atoms with E-state index in [2.05, 4.69) is 26.1 Å². The van der Waals surface area contributed by atoms with E-state index in [-0.39, 0.29) is 5.56 Å². The number of nitrogens with one attached hydrogen (secondary N) is 1. The van der Waals surface area contributed by atoms with Crippen LogP contribution < -0.4 is 5.32 Å². The van der Waals surface area contributed by atoms with E-state index in [1.54, 1.807) is 6.07 Å². The predicted molar refractivity (Wildman–Crippen MR) is 66.0 cm³/mol. The maximum absolute atomic E-state index is 10.7. The van der Waals surface area contributed by atoms with Crippen molar-refractivity contribution in [2.24, 2.45) is 5.92 Å². The van der Waals surface area contributed by atoms with Gasteiger partial charge in [0, 0.05) is 6.04 Å². The van der Waals surface area contributed by atoms with Gasteiger partial charge in [0.25, 0.3) is 0 Å². The number of rotatable bonds is 7. The van der Waals surface area contributed by atoms with E-state index in [4.69, 9.17) is 9.52 Å². The normalized spacial score (nSPS) is 14.5. The molecule has 4 heteroatoms. The van der Waals surface area contributed by atoms with Gasteiger partial charge in [-0.25, -0.2) is 4.79 Å². The smallest absolute Gasteiger partial charge is 0.338 e. The second kappa shape index (κ2) is 6.45. The Hall–Kier alpha value is -1.29. The summed E-state index contributed by atoms with van der Waals surface area (Å²) < 4.78 is 5.16. The monoisotopic (exact) mass is 239 g/mol. The van der Waals surface area contributed by atoms with Gasteiger partial charge in [-0.05, 0) is 25.3 Å². The van der Waals surface area contributed by atoms with Crippen LogP contribution in [-0.2, 0) is 6.54 Å². The summed E-state index contributed by atoms with van der Waals surface area (Å²) >= 11 is 0. The van der Waals surface area contributed by atoms with Crippen LogP contribution in [0.3, 0.4) is 0 Å². The molecule has 96 valence electrons. The second-order valence-electron chi connectivity index (χ2n) is 4.64. The molecule has 0 saturated carbocycles. The Morgan fingerprint density at radius 3 is 2.76 bits per heavy atom. The molecule has 0 aliphatic carbocycles. The summed E-state index contributed by atoms with van der Waals surface area (Å²) in [6.45, 7) is 7.12. The molecule has 0 aliphatic heterocycles. The van der Waals surface area contributed by atoms with Gasteiger partial charge in [0.05, 0.1) is 12.1 Å². The molecular formula is C13H21NO3. The number of hydrogen-bond acceptors (Lipinski definition) is 3. The van der Waals surface area contributed by atoms with Gasteiger partial charge in [-0.15, -0.1) is 0 Å². The lowest BCUT2D eigenvalue weighted by Gasteiger charge is -2.16. The highest BCUT2D eigenvalue weighted by Crippen LogP contribution is 2.11. The maximum Gasteiger partial charge on any atom is 0.338 e. The first-order chi connectivity index (χ1) is 8.02. The number of hydrogen-bond donors (Lipinski definition) is 2. The zero-order valence-electron chi connectivity index (χ0n) is 10.7. The fraction of sp³-hybridized carbons (Fsp3) is 0.615. The molecule has 4 nitrogen and oxygen atoms in total. The van der Waals surface area contributed by atoms with Crippen LogP contribution in [0, 0.1) is 5.92 Å². The Bertz CT molecular complexity index is 359. The molecule has 1 aromatic rings. The average molecular weight is 239 g/mol. The summed E-state index contributed by atoms with van der Waals surface area (Å²) in [6, 6.07) is 1.97. The van der Waals surface area contributed by atoms with E-state index in [1.165, 1.54) is 12.7 Å². The molecular weight excluding hydrogens is 218 g/mol. The number of carbonyl (C=O) groups is 1. The van der Waals surface area contributed by atoms with Crippen LogP contribution in [0.25, 0.3) is 0 Å². The number of aromatic carboxylic acids is 1. The average Bonchev–Trinajstić information content (AvgIpc) is 2.75. The van der Waals surface area contributed by atoms with Crippen molar-refractivity contribution in [3.05, 3.63) is 23.7 Å². The van der Waals surface area contributed by atoms with E-state index in [1.807, 2.05) is 0 Å². The molecule has 2 atom stereocenters. The first-order valence-electron chi connectivity index (χ1n) is 6.07. The fourth-order valence-electron chi connectivity index (χ4n) is 1.71. The Morgan fingerprint density at radius 2 is 2.24 bits per heavy atom. The molecule has 0 spiro atoms. The minimum atomic E-state index is -0.951. The molecule has 1 rings (SSSR count). The van der Waals surface area contributed by atoms with E-state index >= 15 is 0 Å². The molecule has 0 saturated heterocycles. The van der Waals surface area contributed by atoms with Crippen molar-refractivity contribution in [2.75, 3.05) is 0 Å². The number of carboxylic acids is 1. The lowest BCUT2D eigenvalue weighted by molar-refractivity contribution is 0.0696. The van der Waals surface area contributed by atoms with E-state index in [9.17, 15) is 4.79 Å². The molecule has 17 heavy (non-hydrogen) atoms. The minimum Gasteiger partial charge on any atom is -0.478 e. The SMILES string of the molecule is CCC(C)CC(C)NCc1cc(C(=O)O)co1. The molecule has 0 aromatic carbocycles. The predicted octanol–water partition coefficient (Wildman–Crippen LogP) is 2.89. The van der Waals surface area contributed by atoms with Gasteiger partial charge in [0.2, 0.25) is 0 Å². The van der Waals surface area contributed by atoms with Crippen molar-refractivity contribution in [3.63, 3.8) is 0 Å². The molecule has 2 unspecified atom stereocenters. The first kappa shape index (κ1) is 13.8. The Labute approximate surface area is 102 Å². The highest BCUT2D eigenvalue weighted by molar-refractivity contribution is 5.87. The van der Waals surface area contributed by atoms with Crippen LogP contribution >= 0.6 is 0 Å². The summed E-state index contributed by atoms with van der Waals surface area (Å²) in [5, 5.41) is 12.1. The van der Waals surface area contributed by atoms with Gasteiger partial charge >= 0.3 is 5.97 Å². The van der Waals surface area contributed by atoms with Crippen LogP contribution in [0.4, 0.5) is 0 Å². The van der Waals surface area contributed by atoms with Crippen LogP contribution in [0.15, 0.2) is 16.7 Å². The van der Waals surface area contributed by atoms with Crippen molar-refractivity contribution in [2.45, 2.75) is 46.2 Å². The van der Waals surface area contributed by atoms with Crippen molar-refractivity contribution >= 4 is 5.97 Å². The molecule has 0 aliphatic rings. The van der Waals surface area contributed by atoms with E-state index < -0.39 is 5.97 Å². The fourth-order valence-corrected chi connectivity index (χ4v) is 1.71. The summed E-state index contributed by atoms with van der Waals surface area (Å²) in [6.07, 6.45) is 3.57. The topological polar surface area (TPSA) is 62.5 Å². The van der Waals surface area contributed by atoms with Crippen molar-refractivity contribution in [3.8, 4) is 0 Å². The molecule has 0 amide bonds. The lowest BCUT2D eigenvalue weighted by Crippen LogP contribution is -2.27. The lowest BCUT2D eigenvalue weighted by atomic mass is 10.0. The highest BCUT2D eigenvalue weighted by Gasteiger charge is 2.10. The molecule has 0 fully saturated rings. The molecule has 0 bridgehead atoms. The maximum atomic E-state index is 10.7. The van der Waals surface area contributed by atoms with Crippen molar-refractivity contribution in [1.82, 2.24) is 5.32 Å². The quantitative estimate of drug-likeness (QED) is 0.768. The largest absolute Gasteiger partial charge is 0.478 e. The van der Waals surface area contributed by atoms with Crippen LogP contribution in [0.2, 0.25) is 0 Å². The van der Waals surface area contributed by atoms with Crippen LogP contribution in [0.1, 0.15) is 49.7 Å². The molecule has 0 radical (unpaired) electrons. The molecule has 2 N–H and O–H groups in total. The third-order valence-corrected chi connectivity index (χ3v) is 2.98. The van der Waals surface area contributed by atoms with Gasteiger partial charge in [-0.2, -0.15) is 0 Å². The highest BCUT2D eigenvalue weighted by atomic mass is 16.4. The number of furan rings is 1. The van der Waals surface area contributed by atoms with E-state index in [0.29, 0.717) is 24.3 Å². The Balaban J connectivity index is 2.36. The Kier molecular flexibility index (Phi) is 5.22. The number of carboxylic acid groups (broad SMARTS) is 1. The van der Waals surface area contributed by atoms with Crippen LogP contribution in [-0.4, -0.2) is 17.1 Å². The summed E-state index contributed by atoms with van der Waals surface area (Å²) in [7, 11) is 0. The standard InChI is InChI=1S/C13H21NO3/c1-4-9(2)5-10(3)14-7-12-6-11(8-17-12)13(15)16/h6,8-10,14H,4-5,7H2,1-3H3,(H,15,16). The van der Waals surface area contributed by atoms with Crippen molar-refractivity contribution < 1.29 is 14.3 Å². The minimum absolute atomic E-state index is 0.205.